The molecule has 1 aromatic rings. The van der Waals surface area contributed by atoms with Gasteiger partial charge < -0.3 is 10.4 Å². The topological polar surface area (TPSA) is 32.3 Å². The lowest BCUT2D eigenvalue weighted by atomic mass is 10.1. The molecule has 3 heteroatoms. The molecule has 0 bridgehead atoms. The summed E-state index contributed by atoms with van der Waals surface area (Å²) in [6.07, 6.45) is 2.08. The first-order valence-electron chi connectivity index (χ1n) is 6.23. The maximum Gasteiger partial charge on any atom is 0.123 e. The molecule has 0 aliphatic carbocycles. The van der Waals surface area contributed by atoms with Crippen LogP contribution in [0.25, 0.3) is 0 Å². The van der Waals surface area contributed by atoms with Gasteiger partial charge in [-0.1, -0.05) is 19.1 Å². The van der Waals surface area contributed by atoms with E-state index in [1.54, 1.807) is 0 Å². The number of halogens is 1. The summed E-state index contributed by atoms with van der Waals surface area (Å²) in [6, 6.07) is 6.83. The first-order chi connectivity index (χ1) is 8.13. The zero-order valence-corrected chi connectivity index (χ0v) is 10.6. The van der Waals surface area contributed by atoms with Gasteiger partial charge in [0.2, 0.25) is 0 Å². The summed E-state index contributed by atoms with van der Waals surface area (Å²) >= 11 is 0. The Labute approximate surface area is 103 Å². The molecule has 0 spiro atoms. The molecule has 2 atom stereocenters. The summed E-state index contributed by atoms with van der Waals surface area (Å²) in [5.74, 6) is 0.177. The Kier molecular flexibility index (Phi) is 6.16. The van der Waals surface area contributed by atoms with Crippen molar-refractivity contribution in [3.05, 3.63) is 35.6 Å². The van der Waals surface area contributed by atoms with Crippen molar-refractivity contribution in [3.8, 4) is 0 Å². The van der Waals surface area contributed by atoms with E-state index in [4.69, 9.17) is 5.11 Å². The van der Waals surface area contributed by atoms with Crippen molar-refractivity contribution in [2.75, 3.05) is 13.2 Å². The highest BCUT2D eigenvalue weighted by molar-refractivity contribution is 5.19. The highest BCUT2D eigenvalue weighted by Crippen LogP contribution is 2.13. The normalized spacial score (nSPS) is 14.6. The smallest absolute Gasteiger partial charge is 0.123 e. The molecule has 0 saturated heterocycles. The first-order valence-corrected chi connectivity index (χ1v) is 6.23. The number of benzene rings is 1. The molecule has 0 saturated carbocycles. The Morgan fingerprint density at radius 1 is 1.24 bits per heavy atom. The summed E-state index contributed by atoms with van der Waals surface area (Å²) < 4.78 is 12.7. The largest absolute Gasteiger partial charge is 0.396 e. The fourth-order valence-electron chi connectivity index (χ4n) is 1.73. The van der Waals surface area contributed by atoms with E-state index in [-0.39, 0.29) is 18.5 Å². The van der Waals surface area contributed by atoms with Gasteiger partial charge in [0.25, 0.3) is 0 Å². The van der Waals surface area contributed by atoms with Crippen LogP contribution in [-0.4, -0.2) is 18.3 Å². The minimum atomic E-state index is -0.197. The molecule has 0 aliphatic heterocycles. The van der Waals surface area contributed by atoms with Crippen molar-refractivity contribution in [1.29, 1.82) is 0 Å². The predicted molar refractivity (Wildman–Crippen MR) is 68.3 cm³/mol. The third kappa shape index (κ3) is 5.29. The monoisotopic (exact) mass is 239 g/mol. The van der Waals surface area contributed by atoms with E-state index in [0.717, 1.165) is 24.9 Å². The minimum absolute atomic E-state index is 0.197. The van der Waals surface area contributed by atoms with Crippen LogP contribution in [0.1, 0.15) is 38.3 Å². The third-order valence-corrected chi connectivity index (χ3v) is 3.01. The maximum absolute atomic E-state index is 12.7. The van der Waals surface area contributed by atoms with Crippen molar-refractivity contribution in [1.82, 2.24) is 5.32 Å². The molecule has 2 unspecified atom stereocenters. The Morgan fingerprint density at radius 2 is 1.88 bits per heavy atom. The summed E-state index contributed by atoms with van der Waals surface area (Å²) in [7, 11) is 0. The zero-order chi connectivity index (χ0) is 12.7. The average Bonchev–Trinajstić information content (AvgIpc) is 2.34. The first kappa shape index (κ1) is 14.1. The van der Waals surface area contributed by atoms with Gasteiger partial charge in [0, 0.05) is 12.6 Å². The van der Waals surface area contributed by atoms with Crippen LogP contribution in [0.5, 0.6) is 0 Å². The average molecular weight is 239 g/mol. The van der Waals surface area contributed by atoms with Crippen molar-refractivity contribution in [2.45, 2.75) is 32.7 Å². The third-order valence-electron chi connectivity index (χ3n) is 3.01. The van der Waals surface area contributed by atoms with Gasteiger partial charge in [0.1, 0.15) is 5.82 Å². The second-order valence-corrected chi connectivity index (χ2v) is 4.66. The maximum atomic E-state index is 12.7. The molecular weight excluding hydrogens is 217 g/mol. The summed E-state index contributed by atoms with van der Waals surface area (Å²) in [5.41, 5.74) is 1.10. The molecule has 0 aliphatic rings. The molecule has 96 valence electrons. The molecule has 2 nitrogen and oxygen atoms in total. The van der Waals surface area contributed by atoms with Crippen LogP contribution in [0.2, 0.25) is 0 Å². The van der Waals surface area contributed by atoms with Crippen LogP contribution in [-0.2, 0) is 0 Å². The quantitative estimate of drug-likeness (QED) is 0.717. The van der Waals surface area contributed by atoms with Gasteiger partial charge in [-0.15, -0.1) is 0 Å². The zero-order valence-electron chi connectivity index (χ0n) is 10.6. The number of aliphatic hydroxyl groups is 1. The minimum Gasteiger partial charge on any atom is -0.396 e. The van der Waals surface area contributed by atoms with Crippen LogP contribution in [0.3, 0.4) is 0 Å². The van der Waals surface area contributed by atoms with Crippen LogP contribution < -0.4 is 5.32 Å². The second-order valence-electron chi connectivity index (χ2n) is 4.66. The highest BCUT2D eigenvalue weighted by Gasteiger charge is 2.05. The fourth-order valence-corrected chi connectivity index (χ4v) is 1.73. The van der Waals surface area contributed by atoms with Crippen molar-refractivity contribution in [3.63, 3.8) is 0 Å². The molecule has 1 aromatic carbocycles. The summed E-state index contributed by atoms with van der Waals surface area (Å²) in [5, 5.41) is 12.3. The van der Waals surface area contributed by atoms with Crippen LogP contribution in [0, 0.1) is 11.7 Å². The number of rotatable bonds is 7. The van der Waals surface area contributed by atoms with E-state index >= 15 is 0 Å². The van der Waals surface area contributed by atoms with E-state index in [9.17, 15) is 4.39 Å². The van der Waals surface area contributed by atoms with E-state index < -0.39 is 0 Å². The SMILES string of the molecule is CC(CO)CCCNC(C)c1ccc(F)cc1. The molecule has 0 heterocycles. The Bertz CT molecular complexity index is 313. The molecule has 2 N–H and O–H groups in total. The lowest BCUT2D eigenvalue weighted by molar-refractivity contribution is 0.227. The molecule has 0 aromatic heterocycles. The Balaban J connectivity index is 2.25. The molecular formula is C14H22FNO. The molecule has 0 amide bonds. The van der Waals surface area contributed by atoms with Gasteiger partial charge >= 0.3 is 0 Å². The van der Waals surface area contributed by atoms with Crippen LogP contribution in [0.4, 0.5) is 4.39 Å². The van der Waals surface area contributed by atoms with E-state index in [1.807, 2.05) is 19.1 Å². The summed E-state index contributed by atoms with van der Waals surface area (Å²) in [6.45, 7) is 5.29. The Morgan fingerprint density at radius 3 is 2.47 bits per heavy atom. The molecule has 0 fully saturated rings. The highest BCUT2D eigenvalue weighted by atomic mass is 19.1. The number of aliphatic hydroxyl groups excluding tert-OH is 1. The van der Waals surface area contributed by atoms with Gasteiger partial charge in [-0.25, -0.2) is 4.39 Å². The van der Waals surface area contributed by atoms with E-state index in [0.29, 0.717) is 5.92 Å². The standard InChI is InChI=1S/C14H22FNO/c1-11(10-17)4-3-9-16-12(2)13-5-7-14(15)8-6-13/h5-8,11-12,16-17H,3-4,9-10H2,1-2H3. The van der Waals surface area contributed by atoms with Crippen molar-refractivity contribution in [2.24, 2.45) is 5.92 Å². The fraction of sp³-hybridized carbons (Fsp3) is 0.571. The van der Waals surface area contributed by atoms with E-state index in [1.165, 1.54) is 12.1 Å². The van der Waals surface area contributed by atoms with Gasteiger partial charge in [0.05, 0.1) is 0 Å². The van der Waals surface area contributed by atoms with Crippen LogP contribution >= 0.6 is 0 Å². The molecule has 0 radical (unpaired) electrons. The van der Waals surface area contributed by atoms with Gasteiger partial charge in [-0.3, -0.25) is 0 Å². The van der Waals surface area contributed by atoms with Crippen molar-refractivity contribution < 1.29 is 9.50 Å². The van der Waals surface area contributed by atoms with Crippen LogP contribution in [0.15, 0.2) is 24.3 Å². The van der Waals surface area contributed by atoms with E-state index in [2.05, 4.69) is 12.2 Å². The number of hydrogen-bond acceptors (Lipinski definition) is 2. The lowest BCUT2D eigenvalue weighted by Crippen LogP contribution is -2.20. The lowest BCUT2D eigenvalue weighted by Gasteiger charge is -2.15. The Hall–Kier alpha value is -0.930. The molecule has 17 heavy (non-hydrogen) atoms. The molecule has 1 rings (SSSR count). The van der Waals surface area contributed by atoms with Crippen molar-refractivity contribution >= 4 is 0 Å². The predicted octanol–water partition coefficient (Wildman–Crippen LogP) is 2.88. The second kappa shape index (κ2) is 7.41. The van der Waals surface area contributed by atoms with Gasteiger partial charge in [-0.05, 0) is 49.9 Å². The number of hydrogen-bond donors (Lipinski definition) is 2. The summed E-state index contributed by atoms with van der Waals surface area (Å²) in [4.78, 5) is 0. The van der Waals surface area contributed by atoms with Gasteiger partial charge in [-0.2, -0.15) is 0 Å². The number of nitrogens with one attached hydrogen (secondary N) is 1. The van der Waals surface area contributed by atoms with Gasteiger partial charge in [0.15, 0.2) is 0 Å².